The van der Waals surface area contributed by atoms with Crippen LogP contribution in [0.1, 0.15) is 59.1 Å². The highest BCUT2D eigenvalue weighted by Gasteiger charge is 2.45. The van der Waals surface area contributed by atoms with Gasteiger partial charge >= 0.3 is 0 Å². The van der Waals surface area contributed by atoms with E-state index in [-0.39, 0.29) is 17.9 Å². The molecule has 2 amide bonds. The quantitative estimate of drug-likeness (QED) is 0.472. The lowest BCUT2D eigenvalue weighted by molar-refractivity contribution is -0.121. The average molecular weight is 447 g/mol. The van der Waals surface area contributed by atoms with Crippen molar-refractivity contribution in [2.45, 2.75) is 39.2 Å². The standard InChI is InChI=1S/C27H30N2O2S/c1-5-19-11-6-9-14-22(19)28(4)27(31)24-20-12-7-8-13-21(20)26(30)29(17-18(2)3)25(24)23-15-10-16-32-23/h6-16,18,24-25H,5,17H2,1-4H3/t24-,25+/m1/s1. The van der Waals surface area contributed by atoms with Crippen molar-refractivity contribution in [1.82, 2.24) is 4.90 Å². The minimum atomic E-state index is -0.462. The van der Waals surface area contributed by atoms with E-state index in [0.29, 0.717) is 18.0 Å². The maximum atomic E-state index is 14.2. The molecule has 1 aliphatic rings. The molecule has 2 aromatic carbocycles. The Morgan fingerprint density at radius 3 is 2.47 bits per heavy atom. The first-order valence-corrected chi connectivity index (χ1v) is 12.1. The molecule has 4 rings (SSSR count). The molecule has 166 valence electrons. The molecule has 0 aliphatic carbocycles. The second-order valence-corrected chi connectivity index (χ2v) is 9.74. The third kappa shape index (κ3) is 3.97. The Labute approximate surface area is 194 Å². The van der Waals surface area contributed by atoms with Gasteiger partial charge in [-0.1, -0.05) is 63.2 Å². The zero-order valence-electron chi connectivity index (χ0n) is 19.1. The predicted molar refractivity (Wildman–Crippen MR) is 131 cm³/mol. The summed E-state index contributed by atoms with van der Waals surface area (Å²) in [7, 11) is 1.86. The number of fused-ring (bicyclic) bond motifs is 1. The summed E-state index contributed by atoms with van der Waals surface area (Å²) in [4.78, 5) is 32.5. The van der Waals surface area contributed by atoms with Crippen LogP contribution in [0, 0.1) is 5.92 Å². The van der Waals surface area contributed by atoms with E-state index < -0.39 is 5.92 Å². The smallest absolute Gasteiger partial charge is 0.254 e. The van der Waals surface area contributed by atoms with Gasteiger partial charge in [0, 0.05) is 29.7 Å². The highest BCUT2D eigenvalue weighted by atomic mass is 32.1. The summed E-state index contributed by atoms with van der Waals surface area (Å²) in [6.07, 6.45) is 0.849. The molecule has 0 saturated heterocycles. The summed E-state index contributed by atoms with van der Waals surface area (Å²) in [6, 6.07) is 19.4. The Hall–Kier alpha value is -2.92. The van der Waals surface area contributed by atoms with Crippen molar-refractivity contribution in [2.24, 2.45) is 5.92 Å². The van der Waals surface area contributed by atoms with Crippen LogP contribution in [0.2, 0.25) is 0 Å². The molecular weight excluding hydrogens is 416 g/mol. The number of thiophene rings is 1. The maximum Gasteiger partial charge on any atom is 0.254 e. The van der Waals surface area contributed by atoms with Crippen molar-refractivity contribution in [3.8, 4) is 0 Å². The molecular formula is C27H30N2O2S. The van der Waals surface area contributed by atoms with E-state index in [1.54, 1.807) is 16.2 Å². The monoisotopic (exact) mass is 446 g/mol. The Bertz CT molecular complexity index is 1110. The molecule has 0 fully saturated rings. The van der Waals surface area contributed by atoms with Crippen molar-refractivity contribution in [3.05, 3.63) is 87.6 Å². The molecule has 5 heteroatoms. The van der Waals surface area contributed by atoms with Crippen LogP contribution >= 0.6 is 11.3 Å². The molecule has 1 aliphatic heterocycles. The Kier molecular flexibility index (Phi) is 6.47. The molecule has 4 nitrogen and oxygen atoms in total. The maximum absolute atomic E-state index is 14.2. The molecule has 1 aromatic heterocycles. The number of anilines is 1. The average Bonchev–Trinajstić information content (AvgIpc) is 3.34. The third-order valence-electron chi connectivity index (χ3n) is 6.17. The first kappa shape index (κ1) is 22.3. The third-order valence-corrected chi connectivity index (χ3v) is 7.11. The number of rotatable bonds is 6. The molecule has 2 heterocycles. The van der Waals surface area contributed by atoms with E-state index in [1.165, 1.54) is 0 Å². The normalized spacial score (nSPS) is 18.0. The first-order chi connectivity index (χ1) is 15.4. The summed E-state index contributed by atoms with van der Waals surface area (Å²) in [5.74, 6) is -0.149. The van der Waals surface area contributed by atoms with Gasteiger partial charge in [0.05, 0.1) is 12.0 Å². The minimum Gasteiger partial charge on any atom is -0.329 e. The molecule has 2 atom stereocenters. The van der Waals surface area contributed by atoms with Gasteiger partial charge in [0.1, 0.15) is 0 Å². The van der Waals surface area contributed by atoms with Crippen LogP contribution in [0.4, 0.5) is 5.69 Å². The fraction of sp³-hybridized carbons (Fsp3) is 0.333. The van der Waals surface area contributed by atoms with Gasteiger partial charge in [-0.05, 0) is 47.0 Å². The van der Waals surface area contributed by atoms with Crippen LogP contribution in [0.3, 0.4) is 0 Å². The highest BCUT2D eigenvalue weighted by Crippen LogP contribution is 2.45. The van der Waals surface area contributed by atoms with Gasteiger partial charge in [-0.15, -0.1) is 11.3 Å². The Morgan fingerprint density at radius 2 is 1.78 bits per heavy atom. The predicted octanol–water partition coefficient (Wildman–Crippen LogP) is 5.91. The number of carbonyl (C=O) groups is 2. The van der Waals surface area contributed by atoms with Gasteiger partial charge in [-0.25, -0.2) is 0 Å². The van der Waals surface area contributed by atoms with Gasteiger partial charge in [-0.3, -0.25) is 9.59 Å². The zero-order valence-corrected chi connectivity index (χ0v) is 19.9. The van der Waals surface area contributed by atoms with Gasteiger partial charge in [0.15, 0.2) is 0 Å². The topological polar surface area (TPSA) is 40.6 Å². The second-order valence-electron chi connectivity index (χ2n) is 8.76. The van der Waals surface area contributed by atoms with E-state index in [0.717, 1.165) is 28.1 Å². The number of hydrogen-bond donors (Lipinski definition) is 0. The lowest BCUT2D eigenvalue weighted by Crippen LogP contribution is -2.48. The van der Waals surface area contributed by atoms with Crippen molar-refractivity contribution >= 4 is 28.8 Å². The Morgan fingerprint density at radius 1 is 1.06 bits per heavy atom. The summed E-state index contributed by atoms with van der Waals surface area (Å²) in [5.41, 5.74) is 3.52. The second kappa shape index (κ2) is 9.29. The van der Waals surface area contributed by atoms with E-state index in [4.69, 9.17) is 0 Å². The number of likely N-dealkylation sites (N-methyl/N-ethyl adjacent to an activating group) is 1. The molecule has 0 saturated carbocycles. The number of para-hydroxylation sites is 1. The Balaban J connectivity index is 1.87. The van der Waals surface area contributed by atoms with Crippen molar-refractivity contribution in [1.29, 1.82) is 0 Å². The molecule has 0 unspecified atom stereocenters. The van der Waals surface area contributed by atoms with Crippen LogP contribution in [-0.4, -0.2) is 30.3 Å². The number of amides is 2. The van der Waals surface area contributed by atoms with E-state index in [9.17, 15) is 9.59 Å². The number of nitrogens with zero attached hydrogens (tertiary/aromatic N) is 2. The van der Waals surface area contributed by atoms with E-state index in [2.05, 4.69) is 26.8 Å². The minimum absolute atomic E-state index is 0.00774. The van der Waals surface area contributed by atoms with Crippen LogP contribution in [0.25, 0.3) is 0 Å². The first-order valence-electron chi connectivity index (χ1n) is 11.2. The fourth-order valence-electron chi connectivity index (χ4n) is 4.69. The molecule has 3 aromatic rings. The molecule has 0 N–H and O–H groups in total. The van der Waals surface area contributed by atoms with Crippen LogP contribution in [-0.2, 0) is 11.2 Å². The van der Waals surface area contributed by atoms with Crippen LogP contribution < -0.4 is 4.90 Å². The summed E-state index contributed by atoms with van der Waals surface area (Å²) in [5, 5.41) is 2.02. The summed E-state index contributed by atoms with van der Waals surface area (Å²) in [6.45, 7) is 6.93. The number of carbonyl (C=O) groups excluding carboxylic acids is 2. The fourth-order valence-corrected chi connectivity index (χ4v) is 5.57. The lowest BCUT2D eigenvalue weighted by atomic mass is 9.80. The van der Waals surface area contributed by atoms with E-state index >= 15 is 0 Å². The van der Waals surface area contributed by atoms with Crippen molar-refractivity contribution in [3.63, 3.8) is 0 Å². The van der Waals surface area contributed by atoms with Gasteiger partial charge in [-0.2, -0.15) is 0 Å². The van der Waals surface area contributed by atoms with Crippen molar-refractivity contribution in [2.75, 3.05) is 18.5 Å². The SMILES string of the molecule is CCc1ccccc1N(C)C(=O)[C@@H]1c2ccccc2C(=O)N(CC(C)C)[C@H]1c1cccs1. The zero-order chi connectivity index (χ0) is 22.8. The summed E-state index contributed by atoms with van der Waals surface area (Å²) < 4.78 is 0. The molecule has 0 bridgehead atoms. The lowest BCUT2D eigenvalue weighted by Gasteiger charge is -2.43. The number of benzene rings is 2. The largest absolute Gasteiger partial charge is 0.329 e. The van der Waals surface area contributed by atoms with Crippen LogP contribution in [0.5, 0.6) is 0 Å². The highest BCUT2D eigenvalue weighted by molar-refractivity contribution is 7.10. The number of aryl methyl sites for hydroxylation is 1. The van der Waals surface area contributed by atoms with Gasteiger partial charge < -0.3 is 9.80 Å². The summed E-state index contributed by atoms with van der Waals surface area (Å²) >= 11 is 1.61. The molecule has 0 spiro atoms. The molecule has 0 radical (unpaired) electrons. The van der Waals surface area contributed by atoms with Gasteiger partial charge in [0.25, 0.3) is 5.91 Å². The molecule has 32 heavy (non-hydrogen) atoms. The van der Waals surface area contributed by atoms with Crippen LogP contribution in [0.15, 0.2) is 66.0 Å². The van der Waals surface area contributed by atoms with Gasteiger partial charge in [0.2, 0.25) is 5.91 Å². The van der Waals surface area contributed by atoms with Crippen molar-refractivity contribution < 1.29 is 9.59 Å². The van der Waals surface area contributed by atoms with E-state index in [1.807, 2.05) is 71.9 Å². The number of hydrogen-bond acceptors (Lipinski definition) is 3.